The molecule has 1 aromatic carbocycles. The molecule has 0 saturated heterocycles. The summed E-state index contributed by atoms with van der Waals surface area (Å²) in [5.74, 6) is 1.26. The van der Waals surface area contributed by atoms with Gasteiger partial charge in [-0.2, -0.15) is 0 Å². The molecular formula is C16H21N3S. The standard InChI is InChI=1S/C16H21N3S/c17-11-14-7-6-13(12-4-2-1-3-5-12)10-15(14)20-16-18-8-9-19-16/h1-5,8-9,13-15H,6-7,10-11,17H2,(H,18,19). The van der Waals surface area contributed by atoms with E-state index >= 15 is 0 Å². The topological polar surface area (TPSA) is 54.7 Å². The summed E-state index contributed by atoms with van der Waals surface area (Å²) < 4.78 is 0. The second-order valence-corrected chi connectivity index (χ2v) is 6.69. The van der Waals surface area contributed by atoms with Gasteiger partial charge in [-0.05, 0) is 43.2 Å². The molecule has 2 aromatic rings. The Labute approximate surface area is 124 Å². The summed E-state index contributed by atoms with van der Waals surface area (Å²) in [7, 11) is 0. The zero-order valence-electron chi connectivity index (χ0n) is 11.5. The molecule has 0 amide bonds. The van der Waals surface area contributed by atoms with Gasteiger partial charge >= 0.3 is 0 Å². The van der Waals surface area contributed by atoms with Crippen molar-refractivity contribution in [3.63, 3.8) is 0 Å². The van der Waals surface area contributed by atoms with E-state index in [0.717, 1.165) is 11.7 Å². The number of hydrogen-bond acceptors (Lipinski definition) is 3. The molecule has 1 heterocycles. The molecule has 0 spiro atoms. The molecule has 3 unspecified atom stereocenters. The number of thioether (sulfide) groups is 1. The molecule has 0 bridgehead atoms. The van der Waals surface area contributed by atoms with Crippen LogP contribution in [0.3, 0.4) is 0 Å². The van der Waals surface area contributed by atoms with E-state index in [0.29, 0.717) is 17.1 Å². The average molecular weight is 287 g/mol. The lowest BCUT2D eigenvalue weighted by Crippen LogP contribution is -2.31. The highest BCUT2D eigenvalue weighted by molar-refractivity contribution is 7.99. The summed E-state index contributed by atoms with van der Waals surface area (Å²) >= 11 is 1.86. The van der Waals surface area contributed by atoms with Gasteiger partial charge in [0.25, 0.3) is 0 Å². The molecular weight excluding hydrogens is 266 g/mol. The zero-order valence-corrected chi connectivity index (χ0v) is 12.4. The molecule has 0 radical (unpaired) electrons. The maximum Gasteiger partial charge on any atom is 0.165 e. The molecule has 3 atom stereocenters. The molecule has 106 valence electrons. The maximum absolute atomic E-state index is 5.96. The number of rotatable bonds is 4. The summed E-state index contributed by atoms with van der Waals surface area (Å²) in [5.41, 5.74) is 7.43. The van der Waals surface area contributed by atoms with Gasteiger partial charge < -0.3 is 10.7 Å². The summed E-state index contributed by atoms with van der Waals surface area (Å²) in [4.78, 5) is 7.54. The maximum atomic E-state index is 5.96. The van der Waals surface area contributed by atoms with Gasteiger partial charge in [0, 0.05) is 17.6 Å². The van der Waals surface area contributed by atoms with Crippen LogP contribution in [0, 0.1) is 5.92 Å². The minimum atomic E-state index is 0.560. The van der Waals surface area contributed by atoms with Crippen molar-refractivity contribution in [1.29, 1.82) is 0 Å². The fourth-order valence-electron chi connectivity index (χ4n) is 3.09. The molecule has 3 N–H and O–H groups in total. The molecule has 1 saturated carbocycles. The van der Waals surface area contributed by atoms with Crippen molar-refractivity contribution >= 4 is 11.8 Å². The Kier molecular flexibility index (Phi) is 4.43. The number of hydrogen-bond donors (Lipinski definition) is 2. The number of benzene rings is 1. The van der Waals surface area contributed by atoms with E-state index in [2.05, 4.69) is 40.3 Å². The fraction of sp³-hybridized carbons (Fsp3) is 0.438. The van der Waals surface area contributed by atoms with Crippen molar-refractivity contribution in [2.45, 2.75) is 35.6 Å². The van der Waals surface area contributed by atoms with Crippen molar-refractivity contribution in [2.24, 2.45) is 11.7 Å². The van der Waals surface area contributed by atoms with Crippen molar-refractivity contribution < 1.29 is 0 Å². The molecule has 1 aliphatic carbocycles. The van der Waals surface area contributed by atoms with Crippen LogP contribution in [0.4, 0.5) is 0 Å². The third-order valence-electron chi connectivity index (χ3n) is 4.24. The Morgan fingerprint density at radius 3 is 2.80 bits per heavy atom. The van der Waals surface area contributed by atoms with Crippen molar-refractivity contribution in [2.75, 3.05) is 6.54 Å². The number of nitrogens with two attached hydrogens (primary N) is 1. The first-order chi connectivity index (χ1) is 9.86. The van der Waals surface area contributed by atoms with E-state index in [1.165, 1.54) is 24.8 Å². The van der Waals surface area contributed by atoms with E-state index in [4.69, 9.17) is 5.73 Å². The molecule has 4 heteroatoms. The molecule has 3 rings (SSSR count). The monoisotopic (exact) mass is 287 g/mol. The first-order valence-corrected chi connectivity index (χ1v) is 8.16. The number of nitrogens with zero attached hydrogens (tertiary/aromatic N) is 1. The Bertz CT molecular complexity index is 512. The molecule has 1 aromatic heterocycles. The van der Waals surface area contributed by atoms with Gasteiger partial charge in [0.1, 0.15) is 0 Å². The molecule has 1 fully saturated rings. The lowest BCUT2D eigenvalue weighted by Gasteiger charge is -2.35. The van der Waals surface area contributed by atoms with Crippen LogP contribution in [0.2, 0.25) is 0 Å². The van der Waals surface area contributed by atoms with Gasteiger partial charge in [0.2, 0.25) is 0 Å². The van der Waals surface area contributed by atoms with E-state index < -0.39 is 0 Å². The van der Waals surface area contributed by atoms with E-state index in [1.54, 1.807) is 0 Å². The third kappa shape index (κ3) is 3.07. The lowest BCUT2D eigenvalue weighted by atomic mass is 9.78. The molecule has 3 nitrogen and oxygen atoms in total. The van der Waals surface area contributed by atoms with Crippen LogP contribution < -0.4 is 5.73 Å². The Morgan fingerprint density at radius 2 is 2.10 bits per heavy atom. The Hall–Kier alpha value is -1.26. The van der Waals surface area contributed by atoms with E-state index in [-0.39, 0.29) is 0 Å². The number of H-pyrrole nitrogens is 1. The normalized spacial score (nSPS) is 26.6. The summed E-state index contributed by atoms with van der Waals surface area (Å²) in [5, 5.41) is 1.58. The minimum Gasteiger partial charge on any atom is -0.340 e. The molecule has 0 aliphatic heterocycles. The van der Waals surface area contributed by atoms with Gasteiger partial charge in [-0.15, -0.1) is 0 Å². The number of aromatic nitrogens is 2. The first-order valence-electron chi connectivity index (χ1n) is 7.28. The summed E-state index contributed by atoms with van der Waals surface area (Å²) in [6, 6.07) is 10.9. The van der Waals surface area contributed by atoms with Crippen LogP contribution in [0.5, 0.6) is 0 Å². The highest BCUT2D eigenvalue weighted by Crippen LogP contribution is 2.42. The second kappa shape index (κ2) is 6.46. The quantitative estimate of drug-likeness (QED) is 0.906. The fourth-order valence-corrected chi connectivity index (χ4v) is 4.41. The van der Waals surface area contributed by atoms with E-state index in [1.807, 2.05) is 24.2 Å². The van der Waals surface area contributed by atoms with E-state index in [9.17, 15) is 0 Å². The Balaban J connectivity index is 1.72. The predicted molar refractivity (Wildman–Crippen MR) is 83.8 cm³/mol. The zero-order chi connectivity index (χ0) is 13.8. The van der Waals surface area contributed by atoms with Gasteiger partial charge in [0.05, 0.1) is 0 Å². The predicted octanol–water partition coefficient (Wildman–Crippen LogP) is 3.41. The van der Waals surface area contributed by atoms with Crippen LogP contribution in [-0.2, 0) is 0 Å². The molecule has 1 aliphatic rings. The van der Waals surface area contributed by atoms with Gasteiger partial charge in [0.15, 0.2) is 5.16 Å². The SMILES string of the molecule is NCC1CCC(c2ccccc2)CC1Sc1ncc[nH]1. The van der Waals surface area contributed by atoms with Crippen molar-refractivity contribution in [3.05, 3.63) is 48.3 Å². The van der Waals surface area contributed by atoms with Crippen LogP contribution in [-0.4, -0.2) is 21.8 Å². The second-order valence-electron chi connectivity index (χ2n) is 5.47. The number of nitrogens with one attached hydrogen (secondary N) is 1. The van der Waals surface area contributed by atoms with Crippen LogP contribution in [0.25, 0.3) is 0 Å². The smallest absolute Gasteiger partial charge is 0.165 e. The third-order valence-corrected chi connectivity index (χ3v) is 5.57. The number of imidazole rings is 1. The molecule has 20 heavy (non-hydrogen) atoms. The lowest BCUT2D eigenvalue weighted by molar-refractivity contribution is 0.343. The first kappa shape index (κ1) is 13.7. The van der Waals surface area contributed by atoms with Gasteiger partial charge in [-0.3, -0.25) is 0 Å². The van der Waals surface area contributed by atoms with Crippen LogP contribution >= 0.6 is 11.8 Å². The minimum absolute atomic E-state index is 0.560. The number of aromatic amines is 1. The highest BCUT2D eigenvalue weighted by Gasteiger charge is 2.31. The Morgan fingerprint density at radius 1 is 1.25 bits per heavy atom. The van der Waals surface area contributed by atoms with Gasteiger partial charge in [-0.1, -0.05) is 42.1 Å². The summed E-state index contributed by atoms with van der Waals surface area (Å²) in [6.07, 6.45) is 7.36. The average Bonchev–Trinajstić information content (AvgIpc) is 3.01. The largest absolute Gasteiger partial charge is 0.340 e. The highest BCUT2D eigenvalue weighted by atomic mass is 32.2. The van der Waals surface area contributed by atoms with Crippen LogP contribution in [0.1, 0.15) is 30.7 Å². The van der Waals surface area contributed by atoms with Crippen LogP contribution in [0.15, 0.2) is 47.9 Å². The summed E-state index contributed by atoms with van der Waals surface area (Å²) in [6.45, 7) is 0.778. The van der Waals surface area contributed by atoms with Crippen molar-refractivity contribution in [3.8, 4) is 0 Å². The van der Waals surface area contributed by atoms with Gasteiger partial charge in [-0.25, -0.2) is 4.98 Å². The van der Waals surface area contributed by atoms with Crippen molar-refractivity contribution in [1.82, 2.24) is 9.97 Å².